The van der Waals surface area contributed by atoms with Gasteiger partial charge in [0.15, 0.2) is 5.78 Å². The highest BCUT2D eigenvalue weighted by Crippen LogP contribution is 2.64. The van der Waals surface area contributed by atoms with Crippen LogP contribution in [0, 0.1) is 22.7 Å². The van der Waals surface area contributed by atoms with E-state index in [-0.39, 0.29) is 40.1 Å². The van der Waals surface area contributed by atoms with Crippen molar-refractivity contribution in [2.24, 2.45) is 22.7 Å². The second kappa shape index (κ2) is 5.80. The Morgan fingerprint density at radius 3 is 2.56 bits per heavy atom. The van der Waals surface area contributed by atoms with E-state index in [0.717, 1.165) is 19.3 Å². The molecule has 3 rings (SSSR count). The van der Waals surface area contributed by atoms with Crippen LogP contribution in [0.5, 0.6) is 0 Å². The third-order valence-corrected chi connectivity index (χ3v) is 7.35. The highest BCUT2D eigenvalue weighted by molar-refractivity contribution is 6.10. The first kappa shape index (κ1) is 18.4. The molecule has 0 aromatic rings. The standard InChI is InChI=1S/C21H30O4/c1-13(18(23)25-5)14-12-21(24)10-7-16-19(2,3)8-6-9-20(16,4)17(21)11-15(14)22/h12,16-17,24H,1,6-11H2,2-5H3/t16-,17-,20+,21+/m0/s1. The van der Waals surface area contributed by atoms with Gasteiger partial charge in [0.05, 0.1) is 18.3 Å². The summed E-state index contributed by atoms with van der Waals surface area (Å²) in [5.74, 6) is -0.304. The summed E-state index contributed by atoms with van der Waals surface area (Å²) in [5, 5.41) is 11.4. The Bertz CT molecular complexity index is 659. The van der Waals surface area contributed by atoms with E-state index in [4.69, 9.17) is 4.74 Å². The number of carbonyl (C=O) groups excluding carboxylic acids is 2. The van der Waals surface area contributed by atoms with Gasteiger partial charge in [-0.2, -0.15) is 0 Å². The van der Waals surface area contributed by atoms with Gasteiger partial charge < -0.3 is 9.84 Å². The van der Waals surface area contributed by atoms with Crippen LogP contribution in [-0.2, 0) is 14.3 Å². The number of rotatable bonds is 2. The van der Waals surface area contributed by atoms with Crippen LogP contribution in [-0.4, -0.2) is 29.6 Å². The van der Waals surface area contributed by atoms with Crippen LogP contribution in [0.15, 0.2) is 23.8 Å². The van der Waals surface area contributed by atoms with Crippen molar-refractivity contribution in [1.29, 1.82) is 0 Å². The van der Waals surface area contributed by atoms with Crippen LogP contribution in [0.4, 0.5) is 0 Å². The molecule has 0 saturated heterocycles. The van der Waals surface area contributed by atoms with Gasteiger partial charge in [-0.25, -0.2) is 4.79 Å². The molecule has 0 unspecified atom stereocenters. The van der Waals surface area contributed by atoms with Crippen molar-refractivity contribution in [2.45, 2.75) is 64.9 Å². The molecule has 25 heavy (non-hydrogen) atoms. The minimum absolute atomic E-state index is 0.0515. The second-order valence-corrected chi connectivity index (χ2v) is 9.14. The molecule has 138 valence electrons. The van der Waals surface area contributed by atoms with E-state index in [1.807, 2.05) is 0 Å². The van der Waals surface area contributed by atoms with E-state index in [1.165, 1.54) is 13.5 Å². The third-order valence-electron chi connectivity index (χ3n) is 7.35. The van der Waals surface area contributed by atoms with E-state index < -0.39 is 11.6 Å². The predicted molar refractivity (Wildman–Crippen MR) is 95.8 cm³/mol. The van der Waals surface area contributed by atoms with Gasteiger partial charge in [-0.05, 0) is 48.5 Å². The predicted octanol–water partition coefficient (Wildman–Crippen LogP) is 3.59. The normalized spacial score (nSPS) is 39.7. The summed E-state index contributed by atoms with van der Waals surface area (Å²) in [4.78, 5) is 24.6. The van der Waals surface area contributed by atoms with Crippen molar-refractivity contribution in [2.75, 3.05) is 7.11 Å². The van der Waals surface area contributed by atoms with Crippen molar-refractivity contribution >= 4 is 11.8 Å². The van der Waals surface area contributed by atoms with Crippen LogP contribution in [0.1, 0.15) is 59.3 Å². The molecule has 0 aliphatic heterocycles. The molecule has 3 aliphatic carbocycles. The van der Waals surface area contributed by atoms with Gasteiger partial charge in [0.25, 0.3) is 0 Å². The number of hydrogen-bond donors (Lipinski definition) is 1. The summed E-state index contributed by atoms with van der Waals surface area (Å²) < 4.78 is 4.70. The van der Waals surface area contributed by atoms with Crippen molar-refractivity contribution in [3.05, 3.63) is 23.8 Å². The topological polar surface area (TPSA) is 63.6 Å². The second-order valence-electron chi connectivity index (χ2n) is 9.14. The third kappa shape index (κ3) is 2.69. The average molecular weight is 346 g/mol. The lowest BCUT2D eigenvalue weighted by atomic mass is 9.44. The van der Waals surface area contributed by atoms with Gasteiger partial charge in [-0.1, -0.05) is 33.8 Å². The molecular weight excluding hydrogens is 316 g/mol. The fraction of sp³-hybridized carbons (Fsp3) is 0.714. The fourth-order valence-electron chi connectivity index (χ4n) is 6.12. The first-order chi connectivity index (χ1) is 11.5. The summed E-state index contributed by atoms with van der Waals surface area (Å²) in [6, 6.07) is 0. The molecule has 2 saturated carbocycles. The first-order valence-corrected chi connectivity index (χ1v) is 9.31. The summed E-state index contributed by atoms with van der Waals surface area (Å²) >= 11 is 0. The molecule has 4 atom stereocenters. The largest absolute Gasteiger partial charge is 0.465 e. The Morgan fingerprint density at radius 2 is 1.92 bits per heavy atom. The summed E-state index contributed by atoms with van der Waals surface area (Å²) in [6.07, 6.45) is 6.85. The SMILES string of the molecule is C=C(C(=O)OC)C1=C[C@]2(O)CC[C@H]3C(C)(C)CCC[C@@]3(C)[C@@H]2CC1=O. The number of fused-ring (bicyclic) bond motifs is 3. The number of esters is 1. The van der Waals surface area contributed by atoms with Crippen molar-refractivity contribution in [3.63, 3.8) is 0 Å². The molecule has 4 nitrogen and oxygen atoms in total. The molecule has 0 radical (unpaired) electrons. The maximum absolute atomic E-state index is 12.8. The Kier molecular flexibility index (Phi) is 4.26. The molecule has 0 bridgehead atoms. The van der Waals surface area contributed by atoms with Crippen LogP contribution in [0.2, 0.25) is 0 Å². The van der Waals surface area contributed by atoms with Gasteiger partial charge in [0.2, 0.25) is 0 Å². The van der Waals surface area contributed by atoms with Crippen molar-refractivity contribution < 1.29 is 19.4 Å². The van der Waals surface area contributed by atoms with Crippen LogP contribution in [0.3, 0.4) is 0 Å². The van der Waals surface area contributed by atoms with Crippen molar-refractivity contribution in [1.82, 2.24) is 0 Å². The van der Waals surface area contributed by atoms with E-state index in [1.54, 1.807) is 6.08 Å². The molecule has 0 heterocycles. The van der Waals surface area contributed by atoms with Gasteiger partial charge in [-0.3, -0.25) is 4.79 Å². The molecule has 0 aromatic carbocycles. The molecule has 1 N–H and O–H groups in total. The number of ether oxygens (including phenoxy) is 1. The number of aliphatic hydroxyl groups is 1. The van der Waals surface area contributed by atoms with Gasteiger partial charge in [0, 0.05) is 17.9 Å². The van der Waals surface area contributed by atoms with Crippen LogP contribution >= 0.6 is 0 Å². The smallest absolute Gasteiger partial charge is 0.337 e. The number of ketones is 1. The summed E-state index contributed by atoms with van der Waals surface area (Å²) in [5.41, 5.74) is -0.576. The summed E-state index contributed by atoms with van der Waals surface area (Å²) in [6.45, 7) is 10.6. The Labute approximate surface area is 150 Å². The number of hydrogen-bond acceptors (Lipinski definition) is 4. The quantitative estimate of drug-likeness (QED) is 0.613. The number of Topliss-reactive ketones (excluding diaryl/α,β-unsaturated/α-hetero) is 1. The van der Waals surface area contributed by atoms with E-state index in [9.17, 15) is 14.7 Å². The maximum atomic E-state index is 12.8. The maximum Gasteiger partial charge on any atom is 0.337 e. The first-order valence-electron chi connectivity index (χ1n) is 9.31. The highest BCUT2D eigenvalue weighted by Gasteiger charge is 2.60. The number of carbonyl (C=O) groups is 2. The molecule has 2 fully saturated rings. The molecule has 0 spiro atoms. The van der Waals surface area contributed by atoms with E-state index in [0.29, 0.717) is 12.3 Å². The van der Waals surface area contributed by atoms with Crippen LogP contribution < -0.4 is 0 Å². The minimum Gasteiger partial charge on any atom is -0.465 e. The Morgan fingerprint density at radius 1 is 1.24 bits per heavy atom. The van der Waals surface area contributed by atoms with E-state index >= 15 is 0 Å². The zero-order valence-corrected chi connectivity index (χ0v) is 15.9. The number of methoxy groups -OCH3 is 1. The van der Waals surface area contributed by atoms with Crippen molar-refractivity contribution in [3.8, 4) is 0 Å². The molecule has 4 heteroatoms. The minimum atomic E-state index is -1.04. The van der Waals surface area contributed by atoms with Gasteiger partial charge >= 0.3 is 5.97 Å². The molecular formula is C21H30O4. The zero-order chi connectivity index (χ0) is 18.6. The van der Waals surface area contributed by atoms with E-state index in [2.05, 4.69) is 27.4 Å². The lowest BCUT2D eigenvalue weighted by Gasteiger charge is -2.62. The average Bonchev–Trinajstić information content (AvgIpc) is 2.53. The summed E-state index contributed by atoms with van der Waals surface area (Å²) in [7, 11) is 1.27. The Balaban J connectivity index is 2.01. The lowest BCUT2D eigenvalue weighted by Crippen LogP contribution is -2.59. The van der Waals surface area contributed by atoms with Gasteiger partial charge in [-0.15, -0.1) is 0 Å². The molecule has 3 aliphatic rings. The molecule has 0 amide bonds. The highest BCUT2D eigenvalue weighted by atomic mass is 16.5. The monoisotopic (exact) mass is 346 g/mol. The Hall–Kier alpha value is -1.42. The van der Waals surface area contributed by atoms with Gasteiger partial charge in [0.1, 0.15) is 0 Å². The lowest BCUT2D eigenvalue weighted by molar-refractivity contribution is -0.164. The fourth-order valence-corrected chi connectivity index (χ4v) is 6.12. The van der Waals surface area contributed by atoms with Crippen LogP contribution in [0.25, 0.3) is 0 Å². The molecule has 0 aromatic heterocycles. The zero-order valence-electron chi connectivity index (χ0n) is 15.9.